The third kappa shape index (κ3) is 3.73. The summed E-state index contributed by atoms with van der Waals surface area (Å²) in [5.74, 6) is 1.25. The molecule has 1 aromatic carbocycles. The van der Waals surface area contributed by atoms with E-state index in [0.717, 1.165) is 42.9 Å². The van der Waals surface area contributed by atoms with Gasteiger partial charge in [0, 0.05) is 43.5 Å². The Morgan fingerprint density at radius 1 is 1.17 bits per heavy atom. The first kappa shape index (κ1) is 20.2. The van der Waals surface area contributed by atoms with Crippen LogP contribution in [-0.4, -0.2) is 49.3 Å². The van der Waals surface area contributed by atoms with E-state index >= 15 is 0 Å². The summed E-state index contributed by atoms with van der Waals surface area (Å²) in [7, 11) is 3.19. The molecule has 1 aliphatic heterocycles. The standard InChI is InChI=1S/C23H28N4O3/c1-5-16-10-18(26-9-8-24-15(2)13-26)14-27-22(28)12-19(25-23(16)27)17-6-7-20(29-3)21(11-17)30-4/h6-7,10-12,14-15,24H,5,8-9,13H2,1-4H3. The number of rotatable bonds is 5. The van der Waals surface area contributed by atoms with Gasteiger partial charge in [-0.1, -0.05) is 6.92 Å². The Morgan fingerprint density at radius 3 is 2.67 bits per heavy atom. The number of fused-ring (bicyclic) bond motifs is 1. The lowest BCUT2D eigenvalue weighted by atomic mass is 10.1. The van der Waals surface area contributed by atoms with Gasteiger partial charge in [0.05, 0.1) is 25.6 Å². The van der Waals surface area contributed by atoms with Crippen molar-refractivity contribution in [3.8, 4) is 22.8 Å². The minimum Gasteiger partial charge on any atom is -0.493 e. The Kier molecular flexibility index (Phi) is 5.63. The zero-order valence-electron chi connectivity index (χ0n) is 17.9. The van der Waals surface area contributed by atoms with E-state index in [0.29, 0.717) is 28.9 Å². The summed E-state index contributed by atoms with van der Waals surface area (Å²) in [5.41, 5.74) is 4.16. The highest BCUT2D eigenvalue weighted by Gasteiger charge is 2.18. The molecule has 1 saturated heterocycles. The van der Waals surface area contributed by atoms with Crippen molar-refractivity contribution in [2.24, 2.45) is 0 Å². The molecule has 0 bridgehead atoms. The normalized spacial score (nSPS) is 16.7. The monoisotopic (exact) mass is 408 g/mol. The van der Waals surface area contributed by atoms with Crippen molar-refractivity contribution in [3.63, 3.8) is 0 Å². The summed E-state index contributed by atoms with van der Waals surface area (Å²) >= 11 is 0. The molecule has 1 N–H and O–H groups in total. The predicted octanol–water partition coefficient (Wildman–Crippen LogP) is 2.74. The molecular formula is C23H28N4O3. The topological polar surface area (TPSA) is 68.1 Å². The van der Waals surface area contributed by atoms with Gasteiger partial charge in [-0.2, -0.15) is 0 Å². The fourth-order valence-electron chi connectivity index (χ4n) is 4.00. The lowest BCUT2D eigenvalue weighted by molar-refractivity contribution is 0.355. The Balaban J connectivity index is 1.82. The number of pyridine rings is 1. The molecule has 1 unspecified atom stereocenters. The van der Waals surface area contributed by atoms with Crippen LogP contribution in [0, 0.1) is 0 Å². The molecule has 2 aromatic heterocycles. The lowest BCUT2D eigenvalue weighted by Gasteiger charge is -2.34. The van der Waals surface area contributed by atoms with Gasteiger partial charge in [0.15, 0.2) is 11.5 Å². The maximum Gasteiger partial charge on any atom is 0.258 e. The van der Waals surface area contributed by atoms with Crippen molar-refractivity contribution < 1.29 is 9.47 Å². The van der Waals surface area contributed by atoms with Crippen molar-refractivity contribution in [1.82, 2.24) is 14.7 Å². The van der Waals surface area contributed by atoms with Gasteiger partial charge in [0.25, 0.3) is 5.56 Å². The van der Waals surface area contributed by atoms with Crippen LogP contribution in [0.25, 0.3) is 16.9 Å². The van der Waals surface area contributed by atoms with E-state index in [-0.39, 0.29) is 5.56 Å². The molecular weight excluding hydrogens is 380 g/mol. The third-order valence-electron chi connectivity index (χ3n) is 5.62. The average molecular weight is 409 g/mol. The molecule has 0 radical (unpaired) electrons. The van der Waals surface area contributed by atoms with Crippen LogP contribution in [0.1, 0.15) is 19.4 Å². The Hall–Kier alpha value is -3.06. The van der Waals surface area contributed by atoms with E-state index in [2.05, 4.69) is 30.1 Å². The summed E-state index contributed by atoms with van der Waals surface area (Å²) in [5, 5.41) is 3.46. The van der Waals surface area contributed by atoms with Crippen LogP contribution < -0.4 is 25.2 Å². The van der Waals surface area contributed by atoms with Crippen LogP contribution in [0.5, 0.6) is 11.5 Å². The SMILES string of the molecule is CCc1cc(N2CCNC(C)C2)cn2c(=O)cc(-c3ccc(OC)c(OC)c3)nc12. The average Bonchev–Trinajstić information content (AvgIpc) is 2.77. The molecule has 7 heteroatoms. The molecule has 3 heterocycles. The molecule has 1 fully saturated rings. The number of aromatic nitrogens is 2. The van der Waals surface area contributed by atoms with Crippen LogP contribution in [0.2, 0.25) is 0 Å². The second-order valence-electron chi connectivity index (χ2n) is 7.62. The Morgan fingerprint density at radius 2 is 1.97 bits per heavy atom. The number of aryl methyl sites for hydroxylation is 1. The number of hydrogen-bond acceptors (Lipinski definition) is 6. The number of piperazine rings is 1. The number of ether oxygens (including phenoxy) is 2. The van der Waals surface area contributed by atoms with Gasteiger partial charge in [0.1, 0.15) is 5.65 Å². The Bertz CT molecular complexity index is 1130. The van der Waals surface area contributed by atoms with Crippen molar-refractivity contribution in [3.05, 3.63) is 52.4 Å². The van der Waals surface area contributed by atoms with Gasteiger partial charge in [-0.3, -0.25) is 9.20 Å². The minimum atomic E-state index is -0.0930. The van der Waals surface area contributed by atoms with E-state index in [1.807, 2.05) is 24.4 Å². The highest BCUT2D eigenvalue weighted by Crippen LogP contribution is 2.31. The second-order valence-corrected chi connectivity index (χ2v) is 7.62. The highest BCUT2D eigenvalue weighted by atomic mass is 16.5. The van der Waals surface area contributed by atoms with E-state index in [9.17, 15) is 4.79 Å². The number of anilines is 1. The van der Waals surface area contributed by atoms with E-state index in [4.69, 9.17) is 14.5 Å². The van der Waals surface area contributed by atoms with Crippen molar-refractivity contribution in [1.29, 1.82) is 0 Å². The first-order valence-corrected chi connectivity index (χ1v) is 10.3. The molecule has 30 heavy (non-hydrogen) atoms. The van der Waals surface area contributed by atoms with Crippen molar-refractivity contribution in [2.45, 2.75) is 26.3 Å². The van der Waals surface area contributed by atoms with E-state index in [1.165, 1.54) is 0 Å². The summed E-state index contributed by atoms with van der Waals surface area (Å²) in [6, 6.07) is 9.73. The molecule has 158 valence electrons. The second kappa shape index (κ2) is 8.36. The zero-order valence-corrected chi connectivity index (χ0v) is 17.9. The number of hydrogen-bond donors (Lipinski definition) is 1. The van der Waals surface area contributed by atoms with Crippen molar-refractivity contribution >= 4 is 11.3 Å². The van der Waals surface area contributed by atoms with E-state index in [1.54, 1.807) is 24.7 Å². The summed E-state index contributed by atoms with van der Waals surface area (Å²) in [6.07, 6.45) is 2.71. The molecule has 0 aliphatic carbocycles. The maximum atomic E-state index is 13.1. The van der Waals surface area contributed by atoms with Gasteiger partial charge < -0.3 is 19.7 Å². The van der Waals surface area contributed by atoms with Crippen LogP contribution in [0.4, 0.5) is 5.69 Å². The Labute approximate surface area is 176 Å². The molecule has 3 aromatic rings. The van der Waals surface area contributed by atoms with E-state index < -0.39 is 0 Å². The minimum absolute atomic E-state index is 0.0930. The van der Waals surface area contributed by atoms with Gasteiger partial charge in [-0.05, 0) is 43.2 Å². The highest BCUT2D eigenvalue weighted by molar-refractivity contribution is 5.67. The molecule has 1 atom stereocenters. The largest absolute Gasteiger partial charge is 0.493 e. The summed E-state index contributed by atoms with van der Waals surface area (Å²) in [4.78, 5) is 20.2. The van der Waals surface area contributed by atoms with Gasteiger partial charge >= 0.3 is 0 Å². The molecule has 4 rings (SSSR count). The number of methoxy groups -OCH3 is 2. The first-order valence-electron chi connectivity index (χ1n) is 10.3. The van der Waals surface area contributed by atoms with Crippen LogP contribution >= 0.6 is 0 Å². The quantitative estimate of drug-likeness (QED) is 0.700. The smallest absolute Gasteiger partial charge is 0.258 e. The molecule has 0 saturated carbocycles. The van der Waals surface area contributed by atoms with Gasteiger partial charge in [-0.25, -0.2) is 4.98 Å². The summed E-state index contributed by atoms with van der Waals surface area (Å²) < 4.78 is 12.4. The number of nitrogens with zero attached hydrogens (tertiary/aromatic N) is 3. The molecule has 1 aliphatic rings. The zero-order chi connectivity index (χ0) is 21.3. The third-order valence-corrected chi connectivity index (χ3v) is 5.62. The summed E-state index contributed by atoms with van der Waals surface area (Å²) in [6.45, 7) is 7.04. The predicted molar refractivity (Wildman–Crippen MR) is 119 cm³/mol. The number of benzene rings is 1. The number of nitrogens with one attached hydrogen (secondary N) is 1. The van der Waals surface area contributed by atoms with Gasteiger partial charge in [-0.15, -0.1) is 0 Å². The molecule has 7 nitrogen and oxygen atoms in total. The van der Waals surface area contributed by atoms with Crippen LogP contribution in [-0.2, 0) is 6.42 Å². The fraction of sp³-hybridized carbons (Fsp3) is 0.391. The maximum absolute atomic E-state index is 13.1. The first-order chi connectivity index (χ1) is 14.5. The lowest BCUT2D eigenvalue weighted by Crippen LogP contribution is -2.49. The van der Waals surface area contributed by atoms with Crippen molar-refractivity contribution in [2.75, 3.05) is 38.8 Å². The molecule has 0 spiro atoms. The van der Waals surface area contributed by atoms with Crippen LogP contribution in [0.15, 0.2) is 41.3 Å². The van der Waals surface area contributed by atoms with Crippen LogP contribution in [0.3, 0.4) is 0 Å². The van der Waals surface area contributed by atoms with Gasteiger partial charge in [0.2, 0.25) is 0 Å². The fourth-order valence-corrected chi connectivity index (χ4v) is 4.00. The molecule has 0 amide bonds.